The van der Waals surface area contributed by atoms with Crippen LogP contribution in [0.3, 0.4) is 0 Å². The van der Waals surface area contributed by atoms with E-state index in [0.29, 0.717) is 25.7 Å². The standard InChI is InChI=1S/C50H65N11O14/c51-59-54-29-14-28-53-46(67)39(31-34-15-4-1-5-16-34)56-47(68)40(32-35-17-6-2-7-18-35)55-43(63)25-24-42(62)52-27-12-3-8-22-44(64)60(33-36-19-9-10-21-41(36)61(74)75)30-13-11-20-37(48(69)70)57-50(73)58-38(49(71)72)23-26-45(65)66/h1-2,4-7,9-10,15-19,21,37-40H,3,8,11-14,20,22-33H2,(H,52,62)(H,53,67)(H,55,63)(H,56,68)(H,65,66)(H,69,70)(H,71,72)(H2,57,58,73)/t37-,38-,39-,40-/m0/s1. The van der Waals surface area contributed by atoms with Crippen LogP contribution in [0, 0.1) is 10.1 Å². The highest BCUT2D eigenvalue weighted by atomic mass is 16.6. The first kappa shape index (κ1) is 60.7. The maximum Gasteiger partial charge on any atom is 0.326 e. The van der Waals surface area contributed by atoms with Crippen molar-refractivity contribution in [1.82, 2.24) is 36.8 Å². The average molecular weight is 1040 g/mol. The van der Waals surface area contributed by atoms with Crippen LogP contribution in [0.1, 0.15) is 93.7 Å². The van der Waals surface area contributed by atoms with Crippen molar-refractivity contribution in [1.29, 1.82) is 0 Å². The first-order valence-electron chi connectivity index (χ1n) is 24.4. The molecule has 0 bridgehead atoms. The number of nitrogens with one attached hydrogen (secondary N) is 6. The highest BCUT2D eigenvalue weighted by Gasteiger charge is 2.29. The normalized spacial score (nSPS) is 12.2. The number of carbonyl (C=O) groups excluding carboxylic acids is 6. The van der Waals surface area contributed by atoms with Crippen molar-refractivity contribution < 1.29 is 63.4 Å². The summed E-state index contributed by atoms with van der Waals surface area (Å²) in [4.78, 5) is 129. The molecule has 0 aliphatic rings. The van der Waals surface area contributed by atoms with Crippen LogP contribution in [0.4, 0.5) is 10.5 Å². The number of nitro benzene ring substituents is 1. The second-order valence-electron chi connectivity index (χ2n) is 17.3. The Hall–Kier alpha value is -8.60. The van der Waals surface area contributed by atoms with Gasteiger partial charge in [-0.25, -0.2) is 14.4 Å². The topological polar surface area (TPSA) is 382 Å². The van der Waals surface area contributed by atoms with Crippen LogP contribution in [-0.2, 0) is 57.7 Å². The fraction of sp³-hybridized carbons (Fsp3) is 0.460. The zero-order chi connectivity index (χ0) is 55.0. The zero-order valence-electron chi connectivity index (χ0n) is 41.4. The fourth-order valence-electron chi connectivity index (χ4n) is 7.58. The number of hydrogen-bond acceptors (Lipinski definition) is 12. The van der Waals surface area contributed by atoms with E-state index in [0.717, 1.165) is 11.1 Å². The highest BCUT2D eigenvalue weighted by Crippen LogP contribution is 2.21. The molecule has 0 radical (unpaired) electrons. The number of rotatable bonds is 36. The van der Waals surface area contributed by atoms with E-state index in [9.17, 15) is 63.5 Å². The van der Waals surface area contributed by atoms with Gasteiger partial charge in [0.15, 0.2) is 0 Å². The number of amides is 7. The molecule has 0 aliphatic carbocycles. The molecule has 0 aromatic heterocycles. The first-order valence-corrected chi connectivity index (χ1v) is 24.4. The lowest BCUT2D eigenvalue weighted by Crippen LogP contribution is -2.55. The van der Waals surface area contributed by atoms with E-state index < -0.39 is 89.5 Å². The van der Waals surface area contributed by atoms with E-state index in [4.69, 9.17) is 10.6 Å². The van der Waals surface area contributed by atoms with E-state index in [1.54, 1.807) is 48.5 Å². The third kappa shape index (κ3) is 24.6. The summed E-state index contributed by atoms with van der Waals surface area (Å²) in [5, 5.41) is 58.3. The Labute approximate surface area is 432 Å². The Balaban J connectivity index is 1.52. The fourth-order valence-corrected chi connectivity index (χ4v) is 7.58. The number of nitro groups is 1. The second kappa shape index (κ2) is 33.9. The van der Waals surface area contributed by atoms with Crippen LogP contribution in [0.2, 0.25) is 0 Å². The smallest absolute Gasteiger partial charge is 0.326 e. The highest BCUT2D eigenvalue weighted by molar-refractivity contribution is 5.93. The molecule has 0 aliphatic heterocycles. The molecule has 25 heteroatoms. The molecule has 9 N–H and O–H groups in total. The number of urea groups is 1. The molecule has 0 saturated carbocycles. The molecule has 75 heavy (non-hydrogen) atoms. The van der Waals surface area contributed by atoms with Crippen molar-refractivity contribution in [3.8, 4) is 0 Å². The number of benzene rings is 3. The lowest BCUT2D eigenvalue weighted by Gasteiger charge is -2.24. The number of hydrogen-bond donors (Lipinski definition) is 9. The third-order valence-corrected chi connectivity index (χ3v) is 11.5. The minimum absolute atomic E-state index is 0.0368. The number of unbranched alkanes of at least 4 members (excludes halogenated alkanes) is 3. The molecule has 404 valence electrons. The average Bonchev–Trinajstić information content (AvgIpc) is 3.38. The third-order valence-electron chi connectivity index (χ3n) is 11.5. The van der Waals surface area contributed by atoms with Gasteiger partial charge in [-0.05, 0) is 61.6 Å². The van der Waals surface area contributed by atoms with Crippen molar-refractivity contribution in [2.45, 2.75) is 121 Å². The van der Waals surface area contributed by atoms with Gasteiger partial charge in [0.1, 0.15) is 24.2 Å². The van der Waals surface area contributed by atoms with Gasteiger partial charge >= 0.3 is 23.9 Å². The number of para-hydroxylation sites is 1. The molecule has 3 rings (SSSR count). The molecule has 25 nitrogen and oxygen atoms in total. The van der Waals surface area contributed by atoms with Crippen LogP contribution in [0.25, 0.3) is 10.4 Å². The molecule has 0 heterocycles. The summed E-state index contributed by atoms with van der Waals surface area (Å²) in [5.41, 5.74) is 10.1. The summed E-state index contributed by atoms with van der Waals surface area (Å²) in [5.74, 6) is -6.64. The Kier molecular flexibility index (Phi) is 27.5. The molecule has 0 spiro atoms. The zero-order valence-corrected chi connectivity index (χ0v) is 41.4. The lowest BCUT2D eigenvalue weighted by molar-refractivity contribution is -0.385. The van der Waals surface area contributed by atoms with Crippen LogP contribution in [0.15, 0.2) is 90.0 Å². The number of nitrogens with zero attached hydrogens (tertiary/aromatic N) is 5. The predicted molar refractivity (Wildman–Crippen MR) is 270 cm³/mol. The van der Waals surface area contributed by atoms with Gasteiger partial charge in [0.25, 0.3) is 5.69 Å². The summed E-state index contributed by atoms with van der Waals surface area (Å²) < 4.78 is 0. The van der Waals surface area contributed by atoms with E-state index in [2.05, 4.69) is 41.9 Å². The Morgan fingerprint density at radius 1 is 0.600 bits per heavy atom. The molecule has 4 atom stereocenters. The minimum atomic E-state index is -1.58. The van der Waals surface area contributed by atoms with Crippen LogP contribution in [0.5, 0.6) is 0 Å². The Morgan fingerprint density at radius 3 is 1.77 bits per heavy atom. The minimum Gasteiger partial charge on any atom is -0.481 e. The molecule has 0 saturated heterocycles. The Morgan fingerprint density at radius 2 is 1.17 bits per heavy atom. The largest absolute Gasteiger partial charge is 0.481 e. The van der Waals surface area contributed by atoms with Gasteiger partial charge < -0.3 is 52.1 Å². The summed E-state index contributed by atoms with van der Waals surface area (Å²) >= 11 is 0. The van der Waals surface area contributed by atoms with Gasteiger partial charge in [-0.1, -0.05) is 90.4 Å². The lowest BCUT2D eigenvalue weighted by atomic mass is 10.0. The van der Waals surface area contributed by atoms with Gasteiger partial charge in [-0.3, -0.25) is 38.9 Å². The van der Waals surface area contributed by atoms with Gasteiger partial charge in [0.2, 0.25) is 29.5 Å². The summed E-state index contributed by atoms with van der Waals surface area (Å²) in [7, 11) is 0. The molecule has 0 fully saturated rings. The Bertz CT molecular complexity index is 2440. The van der Waals surface area contributed by atoms with Crippen molar-refractivity contribution in [2.24, 2.45) is 5.11 Å². The van der Waals surface area contributed by atoms with Crippen LogP contribution >= 0.6 is 0 Å². The van der Waals surface area contributed by atoms with E-state index in [1.165, 1.54) is 23.1 Å². The number of carboxylic acids is 3. The van der Waals surface area contributed by atoms with Crippen LogP contribution < -0.4 is 31.9 Å². The summed E-state index contributed by atoms with van der Waals surface area (Å²) in [6.07, 6.45) is 0.811. The van der Waals surface area contributed by atoms with Gasteiger partial charge in [0.05, 0.1) is 11.5 Å². The SMILES string of the molecule is [N-]=[N+]=NCCCNC(=O)[C@H](Cc1ccccc1)NC(=O)[C@H](Cc1ccccc1)NC(=O)CCC(=O)NCCCCCC(=O)N(CCCC[C@H](NC(=O)N[C@@H](CCC(=O)O)C(=O)O)C(=O)O)Cc1ccccc1[N+](=O)[O-]. The molecule has 3 aromatic carbocycles. The summed E-state index contributed by atoms with van der Waals surface area (Å²) in [6.45, 7) is 0.540. The molecule has 3 aromatic rings. The van der Waals surface area contributed by atoms with Crippen molar-refractivity contribution in [3.05, 3.63) is 122 Å². The monoisotopic (exact) mass is 1040 g/mol. The van der Waals surface area contributed by atoms with Crippen molar-refractivity contribution >= 4 is 59.2 Å². The number of azide groups is 1. The maximum atomic E-state index is 13.8. The van der Waals surface area contributed by atoms with E-state index >= 15 is 0 Å². The van der Waals surface area contributed by atoms with Crippen molar-refractivity contribution in [2.75, 3.05) is 26.2 Å². The first-order chi connectivity index (χ1) is 36.0. The maximum absolute atomic E-state index is 13.8. The molecular formula is C50H65N11O14. The number of aliphatic carboxylic acids is 3. The predicted octanol–water partition coefficient (Wildman–Crippen LogP) is 3.89. The van der Waals surface area contributed by atoms with Gasteiger partial charge in [0, 0.05) is 81.2 Å². The van der Waals surface area contributed by atoms with Crippen molar-refractivity contribution in [3.63, 3.8) is 0 Å². The second-order valence-corrected chi connectivity index (χ2v) is 17.3. The molecular weight excluding hydrogens is 979 g/mol. The van der Waals surface area contributed by atoms with E-state index in [1.807, 2.05) is 18.2 Å². The van der Waals surface area contributed by atoms with E-state index in [-0.39, 0.29) is 101 Å². The van der Waals surface area contributed by atoms with Gasteiger partial charge in [-0.15, -0.1) is 0 Å². The number of carboxylic acid groups (broad SMARTS) is 3. The summed E-state index contributed by atoms with van der Waals surface area (Å²) in [6, 6.07) is 17.6. The van der Waals surface area contributed by atoms with Crippen LogP contribution in [-0.4, -0.2) is 129 Å². The van der Waals surface area contributed by atoms with Gasteiger partial charge in [-0.2, -0.15) is 0 Å². The molecule has 0 unspecified atom stereocenters. The number of carbonyl (C=O) groups is 9. The quantitative estimate of drug-likeness (QED) is 0.00997. The molecule has 7 amide bonds.